The Morgan fingerprint density at radius 2 is 0.519 bits per heavy atom. The van der Waals surface area contributed by atoms with E-state index < -0.39 is 0 Å². The molecule has 0 saturated heterocycles. The van der Waals surface area contributed by atoms with E-state index in [-0.39, 0.29) is 0 Å². The average Bonchev–Trinajstić information content (AvgIpc) is 2.66. The topological polar surface area (TPSA) is 27.7 Å². The van der Waals surface area contributed by atoms with Gasteiger partial charge >= 0.3 is 0 Å². The SMILES string of the molecule is c1c2cc3cc1CCOCCc1cc(cc(c1)CCOCC3)CCOCC2. The highest BCUT2D eigenvalue weighted by Crippen LogP contribution is 2.17. The molecule has 0 radical (unpaired) electrons. The van der Waals surface area contributed by atoms with Gasteiger partial charge in [-0.1, -0.05) is 36.4 Å². The fourth-order valence-electron chi connectivity index (χ4n) is 3.99. The van der Waals surface area contributed by atoms with Crippen LogP contribution in [0.15, 0.2) is 36.4 Å². The van der Waals surface area contributed by atoms with Crippen LogP contribution in [0.3, 0.4) is 0 Å². The lowest BCUT2D eigenvalue weighted by Crippen LogP contribution is -2.10. The Morgan fingerprint density at radius 3 is 0.704 bits per heavy atom. The number of rotatable bonds is 0. The summed E-state index contributed by atoms with van der Waals surface area (Å²) in [6.07, 6.45) is 5.80. The van der Waals surface area contributed by atoms with Crippen LogP contribution in [0.25, 0.3) is 0 Å². The summed E-state index contributed by atoms with van der Waals surface area (Å²) in [5.41, 5.74) is 8.20. The molecule has 0 saturated carbocycles. The highest BCUT2D eigenvalue weighted by Gasteiger charge is 2.07. The van der Waals surface area contributed by atoms with E-state index in [4.69, 9.17) is 14.2 Å². The molecule has 2 aromatic rings. The van der Waals surface area contributed by atoms with Crippen molar-refractivity contribution < 1.29 is 14.2 Å². The summed E-state index contributed by atoms with van der Waals surface area (Å²) in [6.45, 7) is 4.68. The van der Waals surface area contributed by atoms with Gasteiger partial charge in [-0.15, -0.1) is 0 Å². The summed E-state index contributed by atoms with van der Waals surface area (Å²) < 4.78 is 17.9. The molecule has 3 aliphatic heterocycles. The van der Waals surface area contributed by atoms with Crippen molar-refractivity contribution in [2.75, 3.05) is 39.6 Å². The van der Waals surface area contributed by atoms with Crippen molar-refractivity contribution in [2.45, 2.75) is 38.5 Å². The lowest BCUT2D eigenvalue weighted by atomic mass is 9.99. The number of ether oxygens (including phenoxy) is 3. The second-order valence-corrected chi connectivity index (χ2v) is 7.65. The van der Waals surface area contributed by atoms with Gasteiger partial charge in [-0.2, -0.15) is 0 Å². The largest absolute Gasteiger partial charge is 0.381 e. The minimum atomic E-state index is 0.780. The van der Waals surface area contributed by atoms with Gasteiger partial charge in [0.25, 0.3) is 0 Å². The molecule has 0 amide bonds. The first-order chi connectivity index (χ1) is 13.3. The summed E-state index contributed by atoms with van der Waals surface area (Å²) in [6, 6.07) is 13.9. The van der Waals surface area contributed by atoms with Crippen LogP contribution >= 0.6 is 0 Å². The predicted octanol–water partition coefficient (Wildman–Crippen LogP) is 3.72. The lowest BCUT2D eigenvalue weighted by molar-refractivity contribution is 0.137. The summed E-state index contributed by atoms with van der Waals surface area (Å²) >= 11 is 0. The first-order valence-corrected chi connectivity index (χ1v) is 10.3. The molecule has 0 unspecified atom stereocenters. The molecular weight excluding hydrogens is 336 g/mol. The van der Waals surface area contributed by atoms with Crippen molar-refractivity contribution in [3.05, 3.63) is 69.8 Å². The van der Waals surface area contributed by atoms with Crippen LogP contribution < -0.4 is 0 Å². The molecule has 27 heavy (non-hydrogen) atoms. The second-order valence-electron chi connectivity index (χ2n) is 7.65. The van der Waals surface area contributed by atoms with Crippen LogP contribution in [-0.4, -0.2) is 39.6 Å². The Balaban J connectivity index is 1.63. The van der Waals surface area contributed by atoms with Crippen molar-refractivity contribution in [3.63, 3.8) is 0 Å². The third-order valence-electron chi connectivity index (χ3n) is 5.44. The van der Waals surface area contributed by atoms with Crippen LogP contribution in [0.4, 0.5) is 0 Å². The molecule has 0 atom stereocenters. The number of benzene rings is 2. The third kappa shape index (κ3) is 5.65. The van der Waals surface area contributed by atoms with E-state index in [1.54, 1.807) is 0 Å². The summed E-state index contributed by atoms with van der Waals surface area (Å²) in [5.74, 6) is 0. The van der Waals surface area contributed by atoms with Gasteiger partial charge < -0.3 is 14.2 Å². The van der Waals surface area contributed by atoms with Crippen LogP contribution in [0, 0.1) is 0 Å². The molecule has 0 fully saturated rings. The molecule has 2 aromatic carbocycles. The molecule has 3 nitrogen and oxygen atoms in total. The highest BCUT2D eigenvalue weighted by molar-refractivity contribution is 5.32. The maximum Gasteiger partial charge on any atom is 0.0506 e. The monoisotopic (exact) mass is 366 g/mol. The zero-order valence-corrected chi connectivity index (χ0v) is 16.2. The Kier molecular flexibility index (Phi) is 6.57. The van der Waals surface area contributed by atoms with Gasteiger partial charge in [0.05, 0.1) is 39.6 Å². The van der Waals surface area contributed by atoms with Gasteiger partial charge in [0.2, 0.25) is 0 Å². The lowest BCUT2D eigenvalue weighted by Gasteiger charge is -2.15. The Bertz CT molecular complexity index is 567. The van der Waals surface area contributed by atoms with Crippen molar-refractivity contribution in [1.82, 2.24) is 0 Å². The first kappa shape index (κ1) is 18.7. The van der Waals surface area contributed by atoms with E-state index in [2.05, 4.69) is 36.4 Å². The number of hydrogen-bond donors (Lipinski definition) is 0. The minimum Gasteiger partial charge on any atom is -0.381 e. The van der Waals surface area contributed by atoms with Crippen molar-refractivity contribution in [1.29, 1.82) is 0 Å². The van der Waals surface area contributed by atoms with Crippen molar-refractivity contribution >= 4 is 0 Å². The molecule has 144 valence electrons. The van der Waals surface area contributed by atoms with Crippen LogP contribution in [0.5, 0.6) is 0 Å². The minimum absolute atomic E-state index is 0.780. The van der Waals surface area contributed by atoms with Gasteiger partial charge in [-0.05, 0) is 71.9 Å². The zero-order chi connectivity index (χ0) is 18.3. The molecule has 5 rings (SSSR count). The van der Waals surface area contributed by atoms with Gasteiger partial charge in [0, 0.05) is 0 Å². The second kappa shape index (κ2) is 9.50. The molecule has 0 N–H and O–H groups in total. The van der Waals surface area contributed by atoms with Crippen molar-refractivity contribution in [2.24, 2.45) is 0 Å². The maximum atomic E-state index is 5.97. The molecule has 3 heterocycles. The summed E-state index contributed by atoms with van der Waals surface area (Å²) in [4.78, 5) is 0. The Morgan fingerprint density at radius 1 is 0.333 bits per heavy atom. The van der Waals surface area contributed by atoms with Gasteiger partial charge in [-0.25, -0.2) is 0 Å². The van der Waals surface area contributed by atoms with Crippen LogP contribution in [0.1, 0.15) is 33.4 Å². The summed E-state index contributed by atoms with van der Waals surface area (Å²) in [5, 5.41) is 0. The third-order valence-corrected chi connectivity index (χ3v) is 5.44. The van der Waals surface area contributed by atoms with Gasteiger partial charge in [-0.3, -0.25) is 0 Å². The highest BCUT2D eigenvalue weighted by atomic mass is 16.5. The van der Waals surface area contributed by atoms with E-state index in [9.17, 15) is 0 Å². The van der Waals surface area contributed by atoms with Gasteiger partial charge in [0.1, 0.15) is 0 Å². The zero-order valence-electron chi connectivity index (χ0n) is 16.2. The van der Waals surface area contributed by atoms with Gasteiger partial charge in [0.15, 0.2) is 0 Å². The van der Waals surface area contributed by atoms with E-state index in [0.29, 0.717) is 0 Å². The van der Waals surface area contributed by atoms with E-state index in [0.717, 1.165) is 78.2 Å². The fourth-order valence-corrected chi connectivity index (χ4v) is 3.99. The molecule has 0 aliphatic carbocycles. The Hall–Kier alpha value is -1.68. The normalized spacial score (nSPS) is 19.1. The van der Waals surface area contributed by atoms with E-state index in [1.807, 2.05) is 0 Å². The standard InChI is InChI=1S/C24H30O3/c1-7-25-8-2-22-16-23-5-11-26-9-3-20-13-19(1)14-21(15-20)4-10-27-12-6-24(17-22)18-23/h13-18H,1-12H2. The maximum absolute atomic E-state index is 5.97. The van der Waals surface area contributed by atoms with Crippen LogP contribution in [0.2, 0.25) is 0 Å². The predicted molar refractivity (Wildman–Crippen MR) is 108 cm³/mol. The quantitative estimate of drug-likeness (QED) is 0.711. The molecule has 6 bridgehead atoms. The first-order valence-electron chi connectivity index (χ1n) is 10.3. The molecular formula is C24H30O3. The molecule has 0 spiro atoms. The number of hydrogen-bond acceptors (Lipinski definition) is 3. The van der Waals surface area contributed by atoms with Crippen molar-refractivity contribution in [3.8, 4) is 0 Å². The molecule has 3 heteroatoms. The molecule has 3 aliphatic rings. The Labute approximate surface area is 162 Å². The fraction of sp³-hybridized carbons (Fsp3) is 0.500. The number of fused-ring (bicyclic) bond motifs is 12. The molecule has 0 aromatic heterocycles. The van der Waals surface area contributed by atoms with E-state index >= 15 is 0 Å². The average molecular weight is 367 g/mol. The smallest absolute Gasteiger partial charge is 0.0506 e. The summed E-state index contributed by atoms with van der Waals surface area (Å²) in [7, 11) is 0. The van der Waals surface area contributed by atoms with E-state index in [1.165, 1.54) is 33.4 Å². The van der Waals surface area contributed by atoms with Crippen LogP contribution in [-0.2, 0) is 52.7 Å².